The first kappa shape index (κ1) is 23.9. The second kappa shape index (κ2) is 9.18. The molecule has 1 aliphatic heterocycles. The van der Waals surface area contributed by atoms with E-state index >= 15 is 0 Å². The topological polar surface area (TPSA) is 122 Å². The Balaban J connectivity index is 1.58. The standard InChI is InChI=1S/C22H29N7O4S/c1-5-10-29-21(31)20-19(15(2)25-26(20)4)24-22(29)27-11-13-28(14-12-27)34(32,33)18-8-6-17(7-9-18)23-16(3)30/h6-9H,5,10-14H2,1-4H3,(H,23,30). The second-order valence-corrected chi connectivity index (χ2v) is 10.3. The van der Waals surface area contributed by atoms with Crippen molar-refractivity contribution in [3.8, 4) is 0 Å². The molecule has 0 saturated carbocycles. The fraction of sp³-hybridized carbons (Fsp3) is 0.455. The number of sulfonamides is 1. The number of piperazine rings is 1. The minimum atomic E-state index is -3.69. The van der Waals surface area contributed by atoms with Gasteiger partial charge in [0, 0.05) is 52.4 Å². The quantitative estimate of drug-likeness (QED) is 0.556. The van der Waals surface area contributed by atoms with Gasteiger partial charge in [0.1, 0.15) is 5.52 Å². The molecule has 3 heterocycles. The second-order valence-electron chi connectivity index (χ2n) is 8.37. The first-order chi connectivity index (χ1) is 16.1. The van der Waals surface area contributed by atoms with Crippen LogP contribution < -0.4 is 15.8 Å². The van der Waals surface area contributed by atoms with E-state index in [4.69, 9.17) is 4.98 Å². The molecule has 1 fully saturated rings. The summed E-state index contributed by atoms with van der Waals surface area (Å²) in [4.78, 5) is 31.3. The van der Waals surface area contributed by atoms with E-state index in [0.717, 1.165) is 6.42 Å². The number of rotatable bonds is 6. The Labute approximate surface area is 198 Å². The summed E-state index contributed by atoms with van der Waals surface area (Å²) in [5, 5.41) is 6.98. The first-order valence-electron chi connectivity index (χ1n) is 11.2. The van der Waals surface area contributed by atoms with Gasteiger partial charge in [-0.15, -0.1) is 0 Å². The number of aryl methyl sites for hydroxylation is 2. The van der Waals surface area contributed by atoms with Crippen LogP contribution in [0.2, 0.25) is 0 Å². The number of nitrogens with zero attached hydrogens (tertiary/aromatic N) is 6. The monoisotopic (exact) mass is 487 g/mol. The van der Waals surface area contributed by atoms with Crippen LogP contribution in [0.5, 0.6) is 0 Å². The van der Waals surface area contributed by atoms with Crippen molar-refractivity contribution in [3.05, 3.63) is 40.3 Å². The van der Waals surface area contributed by atoms with Gasteiger partial charge >= 0.3 is 0 Å². The number of anilines is 2. The molecule has 1 saturated heterocycles. The summed E-state index contributed by atoms with van der Waals surface area (Å²) in [5.74, 6) is 0.328. The molecule has 1 amide bonds. The van der Waals surface area contributed by atoms with E-state index in [1.165, 1.54) is 23.4 Å². The van der Waals surface area contributed by atoms with Crippen LogP contribution in [0.25, 0.3) is 11.0 Å². The van der Waals surface area contributed by atoms with Crippen LogP contribution in [-0.2, 0) is 28.4 Å². The number of benzene rings is 1. The van der Waals surface area contributed by atoms with E-state index in [9.17, 15) is 18.0 Å². The molecule has 0 radical (unpaired) electrons. The maximum absolute atomic E-state index is 13.2. The number of hydrogen-bond acceptors (Lipinski definition) is 7. The van der Waals surface area contributed by atoms with Crippen LogP contribution in [0.1, 0.15) is 26.0 Å². The molecule has 4 rings (SSSR count). The Bertz CT molecular complexity index is 1390. The van der Waals surface area contributed by atoms with Crippen molar-refractivity contribution in [2.75, 3.05) is 36.4 Å². The van der Waals surface area contributed by atoms with Crippen molar-refractivity contribution in [2.24, 2.45) is 7.05 Å². The number of hydrogen-bond donors (Lipinski definition) is 1. The third-order valence-corrected chi connectivity index (χ3v) is 7.79. The van der Waals surface area contributed by atoms with E-state index < -0.39 is 10.0 Å². The lowest BCUT2D eigenvalue weighted by Crippen LogP contribution is -2.50. The SMILES string of the molecule is CCCn1c(N2CCN(S(=O)(=O)c3ccc(NC(C)=O)cc3)CC2)nc2c(C)nn(C)c2c1=O. The lowest BCUT2D eigenvalue weighted by molar-refractivity contribution is -0.114. The Morgan fingerprint density at radius 3 is 2.35 bits per heavy atom. The Hall–Kier alpha value is -3.25. The summed E-state index contributed by atoms with van der Waals surface area (Å²) < 4.78 is 31.0. The van der Waals surface area contributed by atoms with Crippen LogP contribution in [0.3, 0.4) is 0 Å². The van der Waals surface area contributed by atoms with Crippen molar-refractivity contribution >= 4 is 38.6 Å². The van der Waals surface area contributed by atoms with Gasteiger partial charge in [-0.3, -0.25) is 18.8 Å². The lowest BCUT2D eigenvalue weighted by atomic mass is 10.3. The number of carbonyl (C=O) groups is 1. The van der Waals surface area contributed by atoms with Crippen LogP contribution in [0, 0.1) is 6.92 Å². The number of nitrogens with one attached hydrogen (secondary N) is 1. The molecule has 0 spiro atoms. The average molecular weight is 488 g/mol. The first-order valence-corrected chi connectivity index (χ1v) is 12.6. The highest BCUT2D eigenvalue weighted by molar-refractivity contribution is 7.89. The van der Waals surface area contributed by atoms with Crippen LogP contribution in [0.15, 0.2) is 34.0 Å². The highest BCUT2D eigenvalue weighted by Gasteiger charge is 2.30. The third-order valence-electron chi connectivity index (χ3n) is 5.87. The summed E-state index contributed by atoms with van der Waals surface area (Å²) in [6.45, 7) is 7.08. The summed E-state index contributed by atoms with van der Waals surface area (Å²) in [7, 11) is -1.95. The zero-order valence-electron chi connectivity index (χ0n) is 19.8. The molecule has 182 valence electrons. The minimum absolute atomic E-state index is 0.140. The molecule has 1 aliphatic rings. The van der Waals surface area contributed by atoms with E-state index in [-0.39, 0.29) is 29.5 Å². The van der Waals surface area contributed by atoms with Gasteiger partial charge in [-0.2, -0.15) is 9.40 Å². The fourth-order valence-corrected chi connectivity index (χ4v) is 5.68. The van der Waals surface area contributed by atoms with E-state index in [2.05, 4.69) is 10.4 Å². The van der Waals surface area contributed by atoms with Gasteiger partial charge < -0.3 is 10.2 Å². The summed E-state index contributed by atoms with van der Waals surface area (Å²) in [6.07, 6.45) is 0.764. The van der Waals surface area contributed by atoms with Crippen molar-refractivity contribution in [1.29, 1.82) is 0 Å². The van der Waals surface area contributed by atoms with Crippen LogP contribution in [-0.4, -0.2) is 64.1 Å². The molecule has 11 nitrogen and oxygen atoms in total. The van der Waals surface area contributed by atoms with Gasteiger partial charge in [-0.05, 0) is 37.6 Å². The van der Waals surface area contributed by atoms with Gasteiger partial charge in [0.25, 0.3) is 5.56 Å². The zero-order valence-corrected chi connectivity index (χ0v) is 20.6. The summed E-state index contributed by atoms with van der Waals surface area (Å²) in [6, 6.07) is 6.13. The average Bonchev–Trinajstić information content (AvgIpc) is 3.09. The maximum atomic E-state index is 13.2. The molecule has 34 heavy (non-hydrogen) atoms. The molecule has 0 atom stereocenters. The fourth-order valence-electron chi connectivity index (χ4n) is 4.26. The normalized spacial score (nSPS) is 15.1. The lowest BCUT2D eigenvalue weighted by Gasteiger charge is -2.35. The molecule has 0 aliphatic carbocycles. The highest BCUT2D eigenvalue weighted by atomic mass is 32.2. The molecular weight excluding hydrogens is 458 g/mol. The predicted octanol–water partition coefficient (Wildman–Crippen LogP) is 1.32. The Morgan fingerprint density at radius 2 is 1.76 bits per heavy atom. The van der Waals surface area contributed by atoms with Gasteiger partial charge in [0.15, 0.2) is 5.52 Å². The number of aromatic nitrogens is 4. The van der Waals surface area contributed by atoms with Crippen molar-refractivity contribution in [3.63, 3.8) is 0 Å². The Morgan fingerprint density at radius 1 is 1.12 bits per heavy atom. The Kier molecular flexibility index (Phi) is 6.45. The van der Waals surface area contributed by atoms with Crippen molar-refractivity contribution in [2.45, 2.75) is 38.6 Å². The molecule has 0 bridgehead atoms. The largest absolute Gasteiger partial charge is 0.340 e. The van der Waals surface area contributed by atoms with Crippen LogP contribution in [0.4, 0.5) is 11.6 Å². The molecule has 1 N–H and O–H groups in total. The summed E-state index contributed by atoms with van der Waals surface area (Å²) in [5.41, 5.74) is 2.13. The predicted molar refractivity (Wildman–Crippen MR) is 130 cm³/mol. The van der Waals surface area contributed by atoms with Gasteiger partial charge in [0.2, 0.25) is 21.9 Å². The number of fused-ring (bicyclic) bond motifs is 1. The van der Waals surface area contributed by atoms with Crippen molar-refractivity contribution in [1.82, 2.24) is 23.6 Å². The number of amides is 1. The van der Waals surface area contributed by atoms with Gasteiger partial charge in [-0.25, -0.2) is 13.4 Å². The third kappa shape index (κ3) is 4.30. The van der Waals surface area contributed by atoms with Gasteiger partial charge in [0.05, 0.1) is 10.6 Å². The van der Waals surface area contributed by atoms with E-state index in [1.807, 2.05) is 18.7 Å². The maximum Gasteiger partial charge on any atom is 0.281 e. The summed E-state index contributed by atoms with van der Waals surface area (Å²) >= 11 is 0. The van der Waals surface area contributed by atoms with Gasteiger partial charge in [-0.1, -0.05) is 6.92 Å². The van der Waals surface area contributed by atoms with Crippen LogP contribution >= 0.6 is 0 Å². The molecule has 2 aromatic heterocycles. The zero-order chi connectivity index (χ0) is 24.6. The smallest absolute Gasteiger partial charge is 0.281 e. The van der Waals surface area contributed by atoms with E-state index in [0.29, 0.717) is 48.0 Å². The molecular formula is C22H29N7O4S. The molecule has 0 unspecified atom stereocenters. The number of carbonyl (C=O) groups excluding carboxylic acids is 1. The molecule has 1 aromatic carbocycles. The highest BCUT2D eigenvalue weighted by Crippen LogP contribution is 2.23. The van der Waals surface area contributed by atoms with Crippen molar-refractivity contribution < 1.29 is 13.2 Å². The van der Waals surface area contributed by atoms with E-state index in [1.54, 1.807) is 28.4 Å². The molecule has 12 heteroatoms. The minimum Gasteiger partial charge on any atom is -0.340 e. The molecule has 3 aromatic rings.